The van der Waals surface area contributed by atoms with Gasteiger partial charge in [-0.1, -0.05) is 11.6 Å². The SMILES string of the molecule is CC1C(=O)N(CC(=O)N2CCNC2=O)C(=O)N1c1ccc(Cl)cc1. The smallest absolute Gasteiger partial charge is 0.332 e. The standard InChI is InChI=1S/C15H15ClN4O4/c1-9-13(22)19(8-12(21)18-7-6-17-14(18)23)15(24)20(9)11-4-2-10(16)3-5-11/h2-5,9H,6-8H2,1H3,(H,17,23). The molecule has 0 aliphatic carbocycles. The van der Waals surface area contributed by atoms with Crippen molar-refractivity contribution < 1.29 is 19.2 Å². The largest absolute Gasteiger partial charge is 0.336 e. The number of carbonyl (C=O) groups is 4. The molecule has 2 heterocycles. The lowest BCUT2D eigenvalue weighted by Gasteiger charge is -2.20. The summed E-state index contributed by atoms with van der Waals surface area (Å²) in [6.45, 7) is 1.71. The molecule has 126 valence electrons. The van der Waals surface area contributed by atoms with Gasteiger partial charge < -0.3 is 5.32 Å². The fraction of sp³-hybridized carbons (Fsp3) is 0.333. The first-order valence-corrected chi connectivity index (χ1v) is 7.76. The van der Waals surface area contributed by atoms with Crippen LogP contribution in [-0.2, 0) is 9.59 Å². The third kappa shape index (κ3) is 2.69. The average molecular weight is 351 g/mol. The Kier molecular flexibility index (Phi) is 4.15. The van der Waals surface area contributed by atoms with Gasteiger partial charge in [0.15, 0.2) is 0 Å². The molecule has 8 nitrogen and oxygen atoms in total. The topological polar surface area (TPSA) is 90.0 Å². The molecule has 2 aliphatic heterocycles. The molecule has 1 N–H and O–H groups in total. The maximum absolute atomic E-state index is 12.6. The van der Waals surface area contributed by atoms with Gasteiger partial charge in [0.05, 0.1) is 0 Å². The number of nitrogens with zero attached hydrogens (tertiary/aromatic N) is 3. The molecule has 0 radical (unpaired) electrons. The maximum Gasteiger partial charge on any atom is 0.332 e. The summed E-state index contributed by atoms with van der Waals surface area (Å²) in [7, 11) is 0. The Morgan fingerprint density at radius 2 is 1.92 bits per heavy atom. The highest BCUT2D eigenvalue weighted by molar-refractivity contribution is 6.30. The predicted octanol–water partition coefficient (Wildman–Crippen LogP) is 1.05. The Morgan fingerprint density at radius 1 is 1.25 bits per heavy atom. The van der Waals surface area contributed by atoms with Crippen molar-refractivity contribution in [2.75, 3.05) is 24.5 Å². The van der Waals surface area contributed by atoms with Crippen molar-refractivity contribution in [1.82, 2.24) is 15.1 Å². The number of urea groups is 2. The summed E-state index contributed by atoms with van der Waals surface area (Å²) in [6.07, 6.45) is 0. The van der Waals surface area contributed by atoms with Crippen LogP contribution in [0.3, 0.4) is 0 Å². The van der Waals surface area contributed by atoms with Crippen molar-refractivity contribution >= 4 is 41.2 Å². The van der Waals surface area contributed by atoms with Crippen LogP contribution in [0.1, 0.15) is 6.92 Å². The number of imide groups is 2. The zero-order valence-corrected chi connectivity index (χ0v) is 13.6. The fourth-order valence-electron chi connectivity index (χ4n) is 2.74. The minimum Gasteiger partial charge on any atom is -0.336 e. The normalized spacial score (nSPS) is 20.8. The summed E-state index contributed by atoms with van der Waals surface area (Å²) in [5, 5.41) is 3.01. The van der Waals surface area contributed by atoms with Gasteiger partial charge in [0.2, 0.25) is 0 Å². The predicted molar refractivity (Wildman–Crippen MR) is 85.6 cm³/mol. The van der Waals surface area contributed by atoms with E-state index in [0.29, 0.717) is 17.3 Å². The second kappa shape index (κ2) is 6.12. The highest BCUT2D eigenvalue weighted by atomic mass is 35.5. The molecule has 6 amide bonds. The summed E-state index contributed by atoms with van der Waals surface area (Å²) < 4.78 is 0. The zero-order chi connectivity index (χ0) is 17.4. The molecular weight excluding hydrogens is 336 g/mol. The second-order valence-corrected chi connectivity index (χ2v) is 5.94. The van der Waals surface area contributed by atoms with E-state index in [4.69, 9.17) is 11.6 Å². The molecule has 1 atom stereocenters. The molecule has 1 unspecified atom stereocenters. The van der Waals surface area contributed by atoms with Crippen LogP contribution < -0.4 is 10.2 Å². The summed E-state index contributed by atoms with van der Waals surface area (Å²) in [5.74, 6) is -1.07. The van der Waals surface area contributed by atoms with E-state index in [1.54, 1.807) is 31.2 Å². The van der Waals surface area contributed by atoms with Crippen LogP contribution in [0.2, 0.25) is 5.02 Å². The van der Waals surface area contributed by atoms with E-state index in [1.807, 2.05) is 0 Å². The first-order valence-electron chi connectivity index (χ1n) is 7.38. The van der Waals surface area contributed by atoms with Gasteiger partial charge in [0, 0.05) is 23.8 Å². The Hall–Kier alpha value is -2.61. The Labute approximate surface area is 142 Å². The highest BCUT2D eigenvalue weighted by Crippen LogP contribution is 2.27. The van der Waals surface area contributed by atoms with E-state index in [9.17, 15) is 19.2 Å². The number of rotatable bonds is 3. The molecule has 0 bridgehead atoms. The number of hydrogen-bond donors (Lipinski definition) is 1. The van der Waals surface area contributed by atoms with Crippen molar-refractivity contribution in [2.45, 2.75) is 13.0 Å². The van der Waals surface area contributed by atoms with Gasteiger partial charge in [-0.2, -0.15) is 0 Å². The van der Waals surface area contributed by atoms with E-state index in [-0.39, 0.29) is 6.54 Å². The third-order valence-corrected chi connectivity index (χ3v) is 4.26. The van der Waals surface area contributed by atoms with Gasteiger partial charge in [-0.25, -0.2) is 9.59 Å². The molecule has 0 saturated carbocycles. The van der Waals surface area contributed by atoms with Crippen LogP contribution >= 0.6 is 11.6 Å². The van der Waals surface area contributed by atoms with E-state index in [2.05, 4.69) is 5.32 Å². The minimum absolute atomic E-state index is 0.227. The highest BCUT2D eigenvalue weighted by Gasteiger charge is 2.45. The molecule has 2 saturated heterocycles. The van der Waals surface area contributed by atoms with E-state index < -0.39 is 36.5 Å². The molecule has 24 heavy (non-hydrogen) atoms. The molecule has 9 heteroatoms. The first-order chi connectivity index (χ1) is 11.4. The van der Waals surface area contributed by atoms with Crippen LogP contribution in [0.15, 0.2) is 24.3 Å². The van der Waals surface area contributed by atoms with Crippen molar-refractivity contribution in [3.8, 4) is 0 Å². The molecule has 2 aliphatic rings. The van der Waals surface area contributed by atoms with Crippen molar-refractivity contribution in [2.24, 2.45) is 0 Å². The van der Waals surface area contributed by atoms with Gasteiger partial charge in [-0.3, -0.25) is 24.3 Å². The summed E-state index contributed by atoms with van der Waals surface area (Å²) in [5.41, 5.74) is 0.513. The zero-order valence-electron chi connectivity index (χ0n) is 12.9. The molecular formula is C15H15ClN4O4. The van der Waals surface area contributed by atoms with Crippen molar-refractivity contribution in [1.29, 1.82) is 0 Å². The lowest BCUT2D eigenvalue weighted by molar-refractivity contribution is -0.135. The third-order valence-electron chi connectivity index (χ3n) is 4.00. The Morgan fingerprint density at radius 3 is 2.50 bits per heavy atom. The quantitative estimate of drug-likeness (QED) is 0.825. The van der Waals surface area contributed by atoms with Crippen LogP contribution in [0.5, 0.6) is 0 Å². The van der Waals surface area contributed by atoms with Gasteiger partial charge in [-0.15, -0.1) is 0 Å². The van der Waals surface area contributed by atoms with E-state index in [1.165, 1.54) is 4.90 Å². The monoisotopic (exact) mass is 350 g/mol. The molecule has 1 aromatic carbocycles. The number of amides is 6. The van der Waals surface area contributed by atoms with Crippen LogP contribution in [0.25, 0.3) is 0 Å². The molecule has 0 aromatic heterocycles. The summed E-state index contributed by atoms with van der Waals surface area (Å²) >= 11 is 5.83. The van der Waals surface area contributed by atoms with Crippen molar-refractivity contribution in [3.05, 3.63) is 29.3 Å². The van der Waals surface area contributed by atoms with Gasteiger partial charge in [0.1, 0.15) is 12.6 Å². The van der Waals surface area contributed by atoms with Crippen LogP contribution in [0.4, 0.5) is 15.3 Å². The summed E-state index contributed by atoms with van der Waals surface area (Å²) in [6, 6.07) is 4.64. The van der Waals surface area contributed by atoms with Gasteiger partial charge in [-0.05, 0) is 31.2 Å². The number of halogens is 1. The molecule has 3 rings (SSSR count). The van der Waals surface area contributed by atoms with E-state index >= 15 is 0 Å². The second-order valence-electron chi connectivity index (χ2n) is 5.51. The maximum atomic E-state index is 12.6. The average Bonchev–Trinajstić information content (AvgIpc) is 3.06. The van der Waals surface area contributed by atoms with Gasteiger partial charge in [0.25, 0.3) is 11.8 Å². The van der Waals surface area contributed by atoms with E-state index in [0.717, 1.165) is 9.80 Å². The summed E-state index contributed by atoms with van der Waals surface area (Å²) in [4.78, 5) is 51.8. The lowest BCUT2D eigenvalue weighted by Crippen LogP contribution is -2.44. The van der Waals surface area contributed by atoms with Gasteiger partial charge >= 0.3 is 12.1 Å². The molecule has 2 fully saturated rings. The Bertz CT molecular complexity index is 721. The fourth-order valence-corrected chi connectivity index (χ4v) is 2.86. The Balaban J connectivity index is 1.79. The molecule has 0 spiro atoms. The van der Waals surface area contributed by atoms with Crippen LogP contribution in [0, 0.1) is 0 Å². The van der Waals surface area contributed by atoms with Crippen molar-refractivity contribution in [3.63, 3.8) is 0 Å². The molecule has 1 aromatic rings. The number of hydrogen-bond acceptors (Lipinski definition) is 4. The number of benzene rings is 1. The van der Waals surface area contributed by atoms with Crippen LogP contribution in [-0.4, -0.2) is 59.4 Å². The lowest BCUT2D eigenvalue weighted by atomic mass is 10.2. The number of carbonyl (C=O) groups excluding carboxylic acids is 4. The minimum atomic E-state index is -0.737. The number of nitrogens with one attached hydrogen (secondary N) is 1. The number of anilines is 1. The first kappa shape index (κ1) is 16.3.